The first kappa shape index (κ1) is 15.6. The van der Waals surface area contributed by atoms with Gasteiger partial charge in [-0.05, 0) is 17.0 Å². The van der Waals surface area contributed by atoms with Gasteiger partial charge in [0.25, 0.3) is 5.69 Å². The van der Waals surface area contributed by atoms with Crippen molar-refractivity contribution in [1.29, 1.82) is 0 Å². The molecule has 7 nitrogen and oxygen atoms in total. The summed E-state index contributed by atoms with van der Waals surface area (Å²) in [6, 6.07) is 14.6. The van der Waals surface area contributed by atoms with Crippen LogP contribution in [0.3, 0.4) is 0 Å². The summed E-state index contributed by atoms with van der Waals surface area (Å²) >= 11 is 0. The third-order valence-corrected chi connectivity index (χ3v) is 5.08. The molecule has 5 rings (SSSR count). The number of fused-ring (bicyclic) bond motifs is 4. The van der Waals surface area contributed by atoms with Crippen LogP contribution in [-0.2, 0) is 4.79 Å². The minimum absolute atomic E-state index is 0.0301. The number of carbonyl (C=O) groups excluding carboxylic acids is 1. The van der Waals surface area contributed by atoms with Crippen molar-refractivity contribution >= 4 is 28.1 Å². The Morgan fingerprint density at radius 1 is 1.04 bits per heavy atom. The summed E-state index contributed by atoms with van der Waals surface area (Å²) in [7, 11) is 0. The highest BCUT2D eigenvalue weighted by molar-refractivity contribution is 6.06. The van der Waals surface area contributed by atoms with E-state index >= 15 is 0 Å². The van der Waals surface area contributed by atoms with Gasteiger partial charge in [0.15, 0.2) is 11.5 Å². The van der Waals surface area contributed by atoms with Gasteiger partial charge >= 0.3 is 0 Å². The normalized spacial score (nSPS) is 17.5. The molecule has 7 heteroatoms. The van der Waals surface area contributed by atoms with Crippen molar-refractivity contribution in [3.05, 3.63) is 69.8 Å². The van der Waals surface area contributed by atoms with E-state index < -0.39 is 10.8 Å². The van der Waals surface area contributed by atoms with Crippen LogP contribution in [0, 0.1) is 10.1 Å². The zero-order valence-corrected chi connectivity index (χ0v) is 14.1. The first-order valence-corrected chi connectivity index (χ1v) is 8.51. The zero-order chi connectivity index (χ0) is 18.5. The van der Waals surface area contributed by atoms with Crippen LogP contribution in [0.2, 0.25) is 0 Å². The van der Waals surface area contributed by atoms with Crippen molar-refractivity contribution in [2.45, 2.75) is 12.3 Å². The minimum Gasteiger partial charge on any atom is -0.454 e. The molecule has 2 aliphatic rings. The number of amides is 1. The summed E-state index contributed by atoms with van der Waals surface area (Å²) < 4.78 is 10.7. The van der Waals surface area contributed by atoms with E-state index in [0.717, 1.165) is 16.3 Å². The molecule has 0 unspecified atom stereocenters. The Balaban J connectivity index is 1.75. The summed E-state index contributed by atoms with van der Waals surface area (Å²) in [4.78, 5) is 23.7. The molecule has 1 amide bonds. The molecule has 0 fully saturated rings. The number of nitrogens with one attached hydrogen (secondary N) is 1. The second kappa shape index (κ2) is 5.70. The van der Waals surface area contributed by atoms with E-state index in [0.29, 0.717) is 22.7 Å². The van der Waals surface area contributed by atoms with Crippen LogP contribution in [0.15, 0.2) is 48.5 Å². The maximum absolute atomic E-state index is 12.4. The van der Waals surface area contributed by atoms with Gasteiger partial charge in [0.1, 0.15) is 0 Å². The van der Waals surface area contributed by atoms with Gasteiger partial charge in [0.2, 0.25) is 12.7 Å². The number of nitrogens with zero attached hydrogens (tertiary/aromatic N) is 1. The Bertz CT molecular complexity index is 1120. The lowest BCUT2D eigenvalue weighted by molar-refractivity contribution is -0.385. The molecule has 0 bridgehead atoms. The number of hydrogen-bond acceptors (Lipinski definition) is 5. The fraction of sp³-hybridized carbons (Fsp3) is 0.150. The molecule has 2 aliphatic heterocycles. The molecule has 1 atom stereocenters. The molecule has 3 aromatic rings. The number of hydrogen-bond donors (Lipinski definition) is 1. The van der Waals surface area contributed by atoms with Crippen LogP contribution >= 0.6 is 0 Å². The largest absolute Gasteiger partial charge is 0.454 e. The molecular formula is C20H14N2O5. The Kier molecular flexibility index (Phi) is 3.30. The van der Waals surface area contributed by atoms with Crippen molar-refractivity contribution in [2.75, 3.05) is 12.1 Å². The Hall–Kier alpha value is -3.61. The molecule has 1 N–H and O–H groups in total. The summed E-state index contributed by atoms with van der Waals surface area (Å²) in [5, 5.41) is 16.5. The van der Waals surface area contributed by atoms with E-state index in [9.17, 15) is 14.9 Å². The van der Waals surface area contributed by atoms with Crippen molar-refractivity contribution in [3.63, 3.8) is 0 Å². The molecule has 0 radical (unpaired) electrons. The SMILES string of the molecule is O=C1C[C@H](c2cc3c(cc2[N+](=O)[O-])OCO3)c2ccc3ccccc3c2N1. The lowest BCUT2D eigenvalue weighted by atomic mass is 9.82. The zero-order valence-electron chi connectivity index (χ0n) is 14.1. The van der Waals surface area contributed by atoms with E-state index in [-0.39, 0.29) is 24.8 Å². The van der Waals surface area contributed by atoms with Crippen LogP contribution in [0.25, 0.3) is 10.8 Å². The topological polar surface area (TPSA) is 90.7 Å². The van der Waals surface area contributed by atoms with Crippen LogP contribution in [0.1, 0.15) is 23.5 Å². The molecule has 27 heavy (non-hydrogen) atoms. The molecule has 0 aliphatic carbocycles. The quantitative estimate of drug-likeness (QED) is 0.551. The average Bonchev–Trinajstić information content (AvgIpc) is 3.13. The van der Waals surface area contributed by atoms with Crippen molar-refractivity contribution < 1.29 is 19.2 Å². The standard InChI is InChI=1S/C20H14N2O5/c23-19-8-14(13-6-5-11-3-1-2-4-12(11)20(13)21-19)15-7-17-18(27-10-26-17)9-16(15)22(24)25/h1-7,9,14H,8,10H2,(H,21,23)/t14-/m0/s1. The first-order chi connectivity index (χ1) is 13.1. The predicted octanol–water partition coefficient (Wildman–Crippen LogP) is 3.95. The average molecular weight is 362 g/mol. The van der Waals surface area contributed by atoms with Gasteiger partial charge < -0.3 is 14.8 Å². The summed E-state index contributed by atoms with van der Waals surface area (Å²) in [6.45, 7) is 0.0301. The molecule has 2 heterocycles. The van der Waals surface area contributed by atoms with Gasteiger partial charge in [-0.2, -0.15) is 0 Å². The van der Waals surface area contributed by atoms with Crippen LogP contribution < -0.4 is 14.8 Å². The summed E-state index contributed by atoms with van der Waals surface area (Å²) in [5.41, 5.74) is 1.95. The minimum atomic E-state index is -0.440. The van der Waals surface area contributed by atoms with E-state index in [4.69, 9.17) is 9.47 Å². The number of ether oxygens (including phenoxy) is 2. The van der Waals surface area contributed by atoms with Crippen LogP contribution in [-0.4, -0.2) is 17.6 Å². The second-order valence-electron chi connectivity index (χ2n) is 6.58. The fourth-order valence-electron chi connectivity index (χ4n) is 3.87. The van der Waals surface area contributed by atoms with Gasteiger partial charge in [-0.15, -0.1) is 0 Å². The highest BCUT2D eigenvalue weighted by atomic mass is 16.7. The third kappa shape index (κ3) is 2.39. The summed E-state index contributed by atoms with van der Waals surface area (Å²) in [5.74, 6) is 0.206. The van der Waals surface area contributed by atoms with Gasteiger partial charge in [0.05, 0.1) is 16.7 Å². The van der Waals surface area contributed by atoms with E-state index in [1.807, 2.05) is 36.4 Å². The molecular weight excluding hydrogens is 348 g/mol. The Morgan fingerprint density at radius 2 is 1.81 bits per heavy atom. The third-order valence-electron chi connectivity index (χ3n) is 5.08. The molecule has 0 aromatic heterocycles. The maximum atomic E-state index is 12.4. The smallest absolute Gasteiger partial charge is 0.277 e. The van der Waals surface area contributed by atoms with Crippen molar-refractivity contribution in [2.24, 2.45) is 0 Å². The second-order valence-corrected chi connectivity index (χ2v) is 6.58. The van der Waals surface area contributed by atoms with E-state index in [1.54, 1.807) is 6.07 Å². The molecule has 0 saturated carbocycles. The summed E-state index contributed by atoms with van der Waals surface area (Å²) in [6.07, 6.45) is 0.131. The van der Waals surface area contributed by atoms with Gasteiger partial charge in [-0.25, -0.2) is 0 Å². The highest BCUT2D eigenvalue weighted by Gasteiger charge is 2.34. The number of rotatable bonds is 2. The highest BCUT2D eigenvalue weighted by Crippen LogP contribution is 2.47. The van der Waals surface area contributed by atoms with Gasteiger partial charge in [-0.3, -0.25) is 14.9 Å². The monoisotopic (exact) mass is 362 g/mol. The lowest BCUT2D eigenvalue weighted by Gasteiger charge is -2.27. The number of nitro groups is 1. The molecule has 0 spiro atoms. The molecule has 3 aromatic carbocycles. The Labute approximate surface area is 153 Å². The van der Waals surface area contributed by atoms with Crippen LogP contribution in [0.5, 0.6) is 11.5 Å². The first-order valence-electron chi connectivity index (χ1n) is 8.51. The van der Waals surface area contributed by atoms with Gasteiger partial charge in [0, 0.05) is 23.3 Å². The van der Waals surface area contributed by atoms with Gasteiger partial charge in [-0.1, -0.05) is 36.4 Å². The number of benzene rings is 3. The van der Waals surface area contributed by atoms with Crippen molar-refractivity contribution in [3.8, 4) is 11.5 Å². The number of anilines is 1. The number of nitro benzene ring substituents is 1. The fourth-order valence-corrected chi connectivity index (χ4v) is 3.87. The van der Waals surface area contributed by atoms with Crippen molar-refractivity contribution in [1.82, 2.24) is 0 Å². The predicted molar refractivity (Wildman–Crippen MR) is 98.3 cm³/mol. The van der Waals surface area contributed by atoms with E-state index in [1.165, 1.54) is 6.07 Å². The van der Waals surface area contributed by atoms with E-state index in [2.05, 4.69) is 5.32 Å². The maximum Gasteiger partial charge on any atom is 0.277 e. The molecule has 0 saturated heterocycles. The lowest BCUT2D eigenvalue weighted by Crippen LogP contribution is -2.24. The Morgan fingerprint density at radius 3 is 2.63 bits per heavy atom. The number of carbonyl (C=O) groups is 1. The van der Waals surface area contributed by atoms with Crippen LogP contribution in [0.4, 0.5) is 11.4 Å². The molecule has 134 valence electrons.